The molecule has 0 aromatic rings. The van der Waals surface area contributed by atoms with Crippen molar-refractivity contribution in [1.29, 1.82) is 0 Å². The molecule has 0 aromatic carbocycles. The summed E-state index contributed by atoms with van der Waals surface area (Å²) in [7, 11) is 0. The predicted octanol–water partition coefficient (Wildman–Crippen LogP) is 1.74. The van der Waals surface area contributed by atoms with Gasteiger partial charge in [-0.05, 0) is 39.8 Å². The van der Waals surface area contributed by atoms with Crippen LogP contribution in [0.5, 0.6) is 0 Å². The molecule has 0 amide bonds. The van der Waals surface area contributed by atoms with Crippen LogP contribution in [0.25, 0.3) is 0 Å². The highest BCUT2D eigenvalue weighted by molar-refractivity contribution is 14.1. The van der Waals surface area contributed by atoms with Gasteiger partial charge in [0.25, 0.3) is 0 Å². The van der Waals surface area contributed by atoms with Gasteiger partial charge in [-0.1, -0.05) is 22.6 Å². The molecule has 0 aromatic heterocycles. The van der Waals surface area contributed by atoms with Crippen molar-refractivity contribution >= 4 is 28.6 Å². The minimum absolute atomic E-state index is 0.0202. The first-order chi connectivity index (χ1) is 6.55. The molecule has 1 fully saturated rings. The third kappa shape index (κ3) is 3.73. The maximum Gasteiger partial charge on any atom is 0.309 e. The SMILES string of the molecule is CC(C)(CI)OC(=O)C1CCNCC1. The molecule has 4 heteroatoms. The molecule has 1 rings (SSSR count). The molecule has 0 atom stereocenters. The van der Waals surface area contributed by atoms with Crippen molar-refractivity contribution in [2.45, 2.75) is 32.3 Å². The number of hydrogen-bond donors (Lipinski definition) is 1. The Morgan fingerprint density at radius 2 is 2.07 bits per heavy atom. The molecular formula is C10H18INO2. The molecular weight excluding hydrogens is 293 g/mol. The molecule has 0 aliphatic carbocycles. The molecule has 1 aliphatic heterocycles. The Morgan fingerprint density at radius 3 is 2.57 bits per heavy atom. The number of carbonyl (C=O) groups is 1. The summed E-state index contributed by atoms with van der Waals surface area (Å²) in [5, 5.41) is 3.24. The van der Waals surface area contributed by atoms with Crippen molar-refractivity contribution in [1.82, 2.24) is 5.32 Å². The van der Waals surface area contributed by atoms with Gasteiger partial charge in [0.15, 0.2) is 0 Å². The van der Waals surface area contributed by atoms with E-state index in [1.165, 1.54) is 0 Å². The first kappa shape index (κ1) is 12.2. The molecule has 1 saturated heterocycles. The number of ether oxygens (including phenoxy) is 1. The Balaban J connectivity index is 2.40. The normalized spacial score (nSPS) is 19.4. The molecule has 0 bridgehead atoms. The van der Waals surface area contributed by atoms with Crippen LogP contribution in [0.1, 0.15) is 26.7 Å². The third-order valence-corrected chi connectivity index (χ3v) is 4.21. The van der Waals surface area contributed by atoms with E-state index in [2.05, 4.69) is 27.9 Å². The van der Waals surface area contributed by atoms with Crippen LogP contribution in [0.4, 0.5) is 0 Å². The zero-order chi connectivity index (χ0) is 10.6. The monoisotopic (exact) mass is 311 g/mol. The molecule has 82 valence electrons. The first-order valence-corrected chi connectivity index (χ1v) is 6.57. The van der Waals surface area contributed by atoms with Crippen LogP contribution >= 0.6 is 22.6 Å². The zero-order valence-corrected chi connectivity index (χ0v) is 11.0. The average molecular weight is 311 g/mol. The molecule has 0 spiro atoms. The molecule has 1 aliphatic rings. The van der Waals surface area contributed by atoms with Crippen molar-refractivity contribution in [3.63, 3.8) is 0 Å². The number of alkyl halides is 1. The summed E-state index contributed by atoms with van der Waals surface area (Å²) in [5.74, 6) is 0.0895. The number of esters is 1. The fourth-order valence-electron chi connectivity index (χ4n) is 1.44. The van der Waals surface area contributed by atoms with Gasteiger partial charge in [-0.15, -0.1) is 0 Å². The first-order valence-electron chi connectivity index (χ1n) is 5.05. The summed E-state index contributed by atoms with van der Waals surface area (Å²) in [4.78, 5) is 11.7. The quantitative estimate of drug-likeness (QED) is 0.490. The number of rotatable bonds is 3. The van der Waals surface area contributed by atoms with Gasteiger partial charge in [-0.3, -0.25) is 4.79 Å². The number of nitrogens with one attached hydrogen (secondary N) is 1. The Kier molecular flexibility index (Phi) is 4.63. The summed E-state index contributed by atoms with van der Waals surface area (Å²) in [6.07, 6.45) is 1.83. The second-order valence-corrected chi connectivity index (χ2v) is 5.10. The second-order valence-electron chi connectivity index (χ2n) is 4.34. The number of halogens is 1. The maximum absolute atomic E-state index is 11.7. The van der Waals surface area contributed by atoms with E-state index < -0.39 is 0 Å². The maximum atomic E-state index is 11.7. The summed E-state index contributed by atoms with van der Waals surface area (Å²) in [6.45, 7) is 5.78. The van der Waals surface area contributed by atoms with E-state index in [1.807, 2.05) is 13.8 Å². The molecule has 0 unspecified atom stereocenters. The number of piperidine rings is 1. The lowest BCUT2D eigenvalue weighted by molar-refractivity contribution is -0.160. The summed E-state index contributed by atoms with van der Waals surface area (Å²) < 4.78 is 6.29. The van der Waals surface area contributed by atoms with Crippen molar-refractivity contribution < 1.29 is 9.53 Å². The van der Waals surface area contributed by atoms with E-state index >= 15 is 0 Å². The van der Waals surface area contributed by atoms with Gasteiger partial charge in [0.1, 0.15) is 5.60 Å². The molecule has 1 N–H and O–H groups in total. The van der Waals surface area contributed by atoms with Crippen LogP contribution in [0, 0.1) is 5.92 Å². The topological polar surface area (TPSA) is 38.3 Å². The third-order valence-electron chi connectivity index (χ3n) is 2.37. The average Bonchev–Trinajstić information content (AvgIpc) is 2.19. The molecule has 0 saturated carbocycles. The fraction of sp³-hybridized carbons (Fsp3) is 0.900. The lowest BCUT2D eigenvalue weighted by Gasteiger charge is -2.27. The van der Waals surface area contributed by atoms with E-state index in [0.717, 1.165) is 30.4 Å². The highest BCUT2D eigenvalue weighted by Crippen LogP contribution is 2.19. The second kappa shape index (κ2) is 5.30. The van der Waals surface area contributed by atoms with Crippen molar-refractivity contribution in [2.24, 2.45) is 5.92 Å². The van der Waals surface area contributed by atoms with Gasteiger partial charge in [0.05, 0.1) is 5.92 Å². The zero-order valence-electron chi connectivity index (χ0n) is 8.81. The molecule has 1 heterocycles. The van der Waals surface area contributed by atoms with Crippen LogP contribution in [-0.2, 0) is 9.53 Å². The Labute approximate surface area is 99.1 Å². The van der Waals surface area contributed by atoms with Crippen LogP contribution in [0.15, 0.2) is 0 Å². The summed E-state index contributed by atoms with van der Waals surface area (Å²) in [5.41, 5.74) is -0.317. The van der Waals surface area contributed by atoms with Gasteiger partial charge in [-0.25, -0.2) is 0 Å². The Bertz CT molecular complexity index is 200. The minimum Gasteiger partial charge on any atom is -0.459 e. The molecule has 14 heavy (non-hydrogen) atoms. The van der Waals surface area contributed by atoms with Gasteiger partial charge < -0.3 is 10.1 Å². The fourth-order valence-corrected chi connectivity index (χ4v) is 1.60. The number of carbonyl (C=O) groups excluding carboxylic acids is 1. The van der Waals surface area contributed by atoms with Crippen LogP contribution in [0.2, 0.25) is 0 Å². The van der Waals surface area contributed by atoms with E-state index in [4.69, 9.17) is 4.74 Å². The standard InChI is InChI=1S/C10H18INO2/c1-10(2,7-11)14-9(13)8-3-5-12-6-4-8/h8,12H,3-7H2,1-2H3. The van der Waals surface area contributed by atoms with Gasteiger partial charge in [0.2, 0.25) is 0 Å². The van der Waals surface area contributed by atoms with Gasteiger partial charge in [-0.2, -0.15) is 0 Å². The highest BCUT2D eigenvalue weighted by Gasteiger charge is 2.28. The minimum atomic E-state index is -0.317. The summed E-state index contributed by atoms with van der Waals surface area (Å²) in [6, 6.07) is 0. The van der Waals surface area contributed by atoms with Crippen molar-refractivity contribution in [3.8, 4) is 0 Å². The predicted molar refractivity (Wildman–Crippen MR) is 64.7 cm³/mol. The lowest BCUT2D eigenvalue weighted by Crippen LogP contribution is -2.37. The van der Waals surface area contributed by atoms with E-state index in [1.54, 1.807) is 0 Å². The van der Waals surface area contributed by atoms with Crippen LogP contribution in [-0.4, -0.2) is 29.1 Å². The Hall–Kier alpha value is 0.160. The van der Waals surface area contributed by atoms with Gasteiger partial charge in [0, 0.05) is 4.43 Å². The Morgan fingerprint density at radius 1 is 1.50 bits per heavy atom. The largest absolute Gasteiger partial charge is 0.459 e. The number of hydrogen-bond acceptors (Lipinski definition) is 3. The van der Waals surface area contributed by atoms with Gasteiger partial charge >= 0.3 is 5.97 Å². The highest BCUT2D eigenvalue weighted by atomic mass is 127. The van der Waals surface area contributed by atoms with E-state index in [-0.39, 0.29) is 17.5 Å². The lowest BCUT2D eigenvalue weighted by atomic mass is 9.98. The van der Waals surface area contributed by atoms with Crippen LogP contribution in [0.3, 0.4) is 0 Å². The summed E-state index contributed by atoms with van der Waals surface area (Å²) >= 11 is 2.24. The van der Waals surface area contributed by atoms with Crippen molar-refractivity contribution in [2.75, 3.05) is 17.5 Å². The van der Waals surface area contributed by atoms with E-state index in [9.17, 15) is 4.79 Å². The van der Waals surface area contributed by atoms with E-state index in [0.29, 0.717) is 0 Å². The smallest absolute Gasteiger partial charge is 0.309 e. The molecule has 0 radical (unpaired) electrons. The van der Waals surface area contributed by atoms with Crippen LogP contribution < -0.4 is 5.32 Å². The van der Waals surface area contributed by atoms with Crippen molar-refractivity contribution in [3.05, 3.63) is 0 Å². The molecule has 3 nitrogen and oxygen atoms in total.